The quantitative estimate of drug-likeness (QED) is 0.856. The Morgan fingerprint density at radius 1 is 1.47 bits per heavy atom. The van der Waals surface area contributed by atoms with Crippen molar-refractivity contribution in [2.45, 2.75) is 38.1 Å². The average molecular weight is 263 g/mol. The van der Waals surface area contributed by atoms with Crippen LogP contribution in [0.4, 0.5) is 0 Å². The van der Waals surface area contributed by atoms with Crippen molar-refractivity contribution in [3.05, 3.63) is 24.0 Å². The van der Waals surface area contributed by atoms with E-state index in [4.69, 9.17) is 0 Å². The predicted molar refractivity (Wildman–Crippen MR) is 67.5 cm³/mol. The van der Waals surface area contributed by atoms with Crippen molar-refractivity contribution >= 4 is 11.9 Å². The van der Waals surface area contributed by atoms with Crippen LogP contribution in [0.5, 0.6) is 0 Å². The molecule has 0 bridgehead atoms. The van der Waals surface area contributed by atoms with Crippen LogP contribution in [0.3, 0.4) is 0 Å². The van der Waals surface area contributed by atoms with Crippen molar-refractivity contribution in [1.82, 2.24) is 15.5 Å². The summed E-state index contributed by atoms with van der Waals surface area (Å²) in [4.78, 5) is 23.6. The molecule has 1 aromatic rings. The Balaban J connectivity index is 2.18. The van der Waals surface area contributed by atoms with Crippen molar-refractivity contribution in [1.29, 1.82) is 0 Å². The minimum atomic E-state index is -1.15. The van der Waals surface area contributed by atoms with Crippen LogP contribution in [0.25, 0.3) is 0 Å². The lowest BCUT2D eigenvalue weighted by atomic mass is 9.76. The molecular formula is C13H17N3O3. The second-order valence-electron chi connectivity index (χ2n) is 5.17. The third kappa shape index (κ3) is 2.89. The minimum absolute atomic E-state index is 0.292. The molecular weight excluding hydrogens is 246 g/mol. The van der Waals surface area contributed by atoms with Gasteiger partial charge in [-0.25, -0.2) is 4.79 Å². The number of nitrogens with one attached hydrogen (secondary N) is 1. The van der Waals surface area contributed by atoms with E-state index in [1.807, 2.05) is 6.92 Å². The van der Waals surface area contributed by atoms with Gasteiger partial charge in [-0.3, -0.25) is 4.79 Å². The Hall–Kier alpha value is -1.98. The average Bonchev–Trinajstić information content (AvgIpc) is 2.39. The molecule has 1 aliphatic rings. The highest BCUT2D eigenvalue weighted by molar-refractivity contribution is 5.97. The molecule has 0 saturated heterocycles. The van der Waals surface area contributed by atoms with E-state index < -0.39 is 17.4 Å². The number of rotatable bonds is 3. The zero-order valence-corrected chi connectivity index (χ0v) is 10.8. The van der Waals surface area contributed by atoms with E-state index in [1.165, 1.54) is 18.5 Å². The molecule has 2 unspecified atom stereocenters. The third-order valence-electron chi connectivity index (χ3n) is 3.61. The lowest BCUT2D eigenvalue weighted by Crippen LogP contribution is -2.56. The summed E-state index contributed by atoms with van der Waals surface area (Å²) < 4.78 is 0. The van der Waals surface area contributed by atoms with E-state index in [-0.39, 0.29) is 0 Å². The normalized spacial score (nSPS) is 26.7. The summed E-state index contributed by atoms with van der Waals surface area (Å²) in [6.45, 7) is 2.01. The molecule has 0 radical (unpaired) electrons. The van der Waals surface area contributed by atoms with Crippen molar-refractivity contribution in [3.8, 4) is 0 Å². The standard InChI is InChI=1S/C13H17N3O3/c1-9-3-2-5-13(7-9,12(18)19)16-11(17)10-4-6-14-15-8-10/h4,6,8-9H,2-3,5,7H2,1H3,(H,16,17)(H,18,19). The molecule has 102 valence electrons. The summed E-state index contributed by atoms with van der Waals surface area (Å²) in [7, 11) is 0. The fraction of sp³-hybridized carbons (Fsp3) is 0.538. The van der Waals surface area contributed by atoms with E-state index in [2.05, 4.69) is 15.5 Å². The number of carboxylic acid groups (broad SMARTS) is 1. The van der Waals surface area contributed by atoms with Crippen molar-refractivity contribution < 1.29 is 14.7 Å². The topological polar surface area (TPSA) is 92.2 Å². The van der Waals surface area contributed by atoms with Gasteiger partial charge < -0.3 is 10.4 Å². The van der Waals surface area contributed by atoms with Gasteiger partial charge in [0.2, 0.25) is 0 Å². The number of aliphatic carboxylic acids is 1. The van der Waals surface area contributed by atoms with Gasteiger partial charge in [-0.1, -0.05) is 19.8 Å². The Labute approximate surface area is 111 Å². The number of carbonyl (C=O) groups is 2. The molecule has 1 heterocycles. The highest BCUT2D eigenvalue weighted by Gasteiger charge is 2.43. The lowest BCUT2D eigenvalue weighted by molar-refractivity contribution is -0.146. The SMILES string of the molecule is CC1CCCC(NC(=O)c2ccnnc2)(C(=O)O)C1. The second-order valence-corrected chi connectivity index (χ2v) is 5.17. The summed E-state index contributed by atoms with van der Waals surface area (Å²) in [5.41, 5.74) is -0.827. The first-order valence-corrected chi connectivity index (χ1v) is 6.36. The van der Waals surface area contributed by atoms with Crippen LogP contribution in [0.15, 0.2) is 18.5 Å². The number of carbonyl (C=O) groups excluding carboxylic acids is 1. The first kappa shape index (κ1) is 13.5. The molecule has 2 rings (SSSR count). The molecule has 2 atom stereocenters. The summed E-state index contributed by atoms with van der Waals surface area (Å²) in [6, 6.07) is 1.52. The Bertz CT molecular complexity index is 477. The van der Waals surface area contributed by atoms with Crippen LogP contribution in [-0.2, 0) is 4.79 Å². The summed E-state index contributed by atoms with van der Waals surface area (Å²) >= 11 is 0. The molecule has 1 fully saturated rings. The lowest BCUT2D eigenvalue weighted by Gasteiger charge is -2.37. The Morgan fingerprint density at radius 2 is 2.26 bits per heavy atom. The summed E-state index contributed by atoms with van der Waals surface area (Å²) in [6.07, 6.45) is 5.48. The van der Waals surface area contributed by atoms with Gasteiger partial charge in [0.15, 0.2) is 0 Å². The van der Waals surface area contributed by atoms with Gasteiger partial charge in [0.05, 0.1) is 18.0 Å². The van der Waals surface area contributed by atoms with Crippen LogP contribution in [0.1, 0.15) is 43.0 Å². The van der Waals surface area contributed by atoms with Crippen molar-refractivity contribution in [2.75, 3.05) is 0 Å². The molecule has 6 heteroatoms. The van der Waals surface area contributed by atoms with E-state index in [0.717, 1.165) is 12.8 Å². The predicted octanol–water partition coefficient (Wildman–Crippen LogP) is 1.24. The first-order chi connectivity index (χ1) is 9.03. The maximum absolute atomic E-state index is 12.1. The second kappa shape index (κ2) is 5.34. The van der Waals surface area contributed by atoms with Gasteiger partial charge >= 0.3 is 5.97 Å². The van der Waals surface area contributed by atoms with Crippen LogP contribution < -0.4 is 5.32 Å². The zero-order valence-electron chi connectivity index (χ0n) is 10.8. The van der Waals surface area contributed by atoms with E-state index in [9.17, 15) is 14.7 Å². The fourth-order valence-corrected chi connectivity index (χ4v) is 2.63. The third-order valence-corrected chi connectivity index (χ3v) is 3.61. The van der Waals surface area contributed by atoms with Crippen LogP contribution in [-0.4, -0.2) is 32.7 Å². The maximum Gasteiger partial charge on any atom is 0.329 e. The van der Waals surface area contributed by atoms with Crippen molar-refractivity contribution in [2.24, 2.45) is 5.92 Å². The maximum atomic E-state index is 12.1. The minimum Gasteiger partial charge on any atom is -0.480 e. The van der Waals surface area contributed by atoms with Crippen LogP contribution in [0, 0.1) is 5.92 Å². The number of carboxylic acids is 1. The number of hydrogen-bond donors (Lipinski definition) is 2. The first-order valence-electron chi connectivity index (χ1n) is 6.36. The van der Waals surface area contributed by atoms with Gasteiger partial charge in [0.1, 0.15) is 5.54 Å². The largest absolute Gasteiger partial charge is 0.480 e. The number of amides is 1. The Kier molecular flexibility index (Phi) is 3.78. The number of nitrogens with zero attached hydrogens (tertiary/aromatic N) is 2. The molecule has 0 aliphatic heterocycles. The molecule has 1 amide bonds. The van der Waals surface area contributed by atoms with Crippen molar-refractivity contribution in [3.63, 3.8) is 0 Å². The smallest absolute Gasteiger partial charge is 0.329 e. The number of aromatic nitrogens is 2. The van der Waals surface area contributed by atoms with Gasteiger partial charge in [0.25, 0.3) is 5.91 Å². The van der Waals surface area contributed by atoms with Gasteiger partial charge in [-0.2, -0.15) is 10.2 Å². The Morgan fingerprint density at radius 3 is 2.84 bits per heavy atom. The van der Waals surface area contributed by atoms with Gasteiger partial charge in [0, 0.05) is 0 Å². The van der Waals surface area contributed by atoms with Gasteiger partial charge in [-0.05, 0) is 24.8 Å². The molecule has 6 nitrogen and oxygen atoms in total. The zero-order chi connectivity index (χ0) is 13.9. The van der Waals surface area contributed by atoms with E-state index >= 15 is 0 Å². The highest BCUT2D eigenvalue weighted by atomic mass is 16.4. The summed E-state index contributed by atoms with van der Waals surface area (Å²) in [5.74, 6) is -1.08. The molecule has 2 N–H and O–H groups in total. The van der Waals surface area contributed by atoms with Crippen LogP contribution in [0.2, 0.25) is 0 Å². The van der Waals surface area contributed by atoms with E-state index in [1.54, 1.807) is 0 Å². The molecule has 1 aromatic heterocycles. The van der Waals surface area contributed by atoms with Gasteiger partial charge in [-0.15, -0.1) is 0 Å². The molecule has 0 spiro atoms. The van der Waals surface area contributed by atoms with Crippen LogP contribution >= 0.6 is 0 Å². The molecule has 1 saturated carbocycles. The fourth-order valence-electron chi connectivity index (χ4n) is 2.63. The molecule has 1 aliphatic carbocycles. The molecule has 0 aromatic carbocycles. The monoisotopic (exact) mass is 263 g/mol. The summed E-state index contributed by atoms with van der Waals surface area (Å²) in [5, 5.41) is 19.3. The van der Waals surface area contributed by atoms with E-state index in [0.29, 0.717) is 24.3 Å². The molecule has 19 heavy (non-hydrogen) atoms. The number of hydrogen-bond acceptors (Lipinski definition) is 4. The highest BCUT2D eigenvalue weighted by Crippen LogP contribution is 2.32.